The molecule has 0 bridgehead atoms. The van der Waals surface area contributed by atoms with E-state index in [1.54, 1.807) is 0 Å². The van der Waals surface area contributed by atoms with E-state index in [9.17, 15) is 15.0 Å². The summed E-state index contributed by atoms with van der Waals surface area (Å²) in [5, 5.41) is 20.1. The second-order valence-electron chi connectivity index (χ2n) is 21.7. The average Bonchev–Trinajstić information content (AvgIpc) is 4.13. The number of aliphatic hydroxyl groups is 2. The van der Waals surface area contributed by atoms with Crippen LogP contribution in [0.3, 0.4) is 0 Å². The van der Waals surface area contributed by atoms with Crippen LogP contribution >= 0.6 is 44.3 Å². The largest absolute Gasteiger partial charge is 0.398 e. The number of aliphatic hydroxyl groups excluding tert-OH is 2. The summed E-state index contributed by atoms with van der Waals surface area (Å²) in [4.78, 5) is 22.3. The summed E-state index contributed by atoms with van der Waals surface area (Å²) in [6, 6.07) is 20.8. The number of hydrogen-bond donors (Lipinski definition) is 5. The quantitative estimate of drug-likeness (QED) is 0.0286. The molecular weight excluding hydrogens is 1110 g/mol. The van der Waals surface area contributed by atoms with Gasteiger partial charge in [0.1, 0.15) is 6.29 Å². The van der Waals surface area contributed by atoms with E-state index >= 15 is 0 Å². The molecule has 77 heavy (non-hydrogen) atoms. The van der Waals surface area contributed by atoms with Crippen LogP contribution in [0.15, 0.2) is 92.8 Å². The number of nitrogens with two attached hydrogens (primary N) is 3. The Labute approximate surface area is 486 Å². The van der Waals surface area contributed by atoms with E-state index in [1.807, 2.05) is 103 Å². The Morgan fingerprint density at radius 2 is 0.805 bits per heavy atom. The Bertz CT molecular complexity index is 2630. The number of carbonyl (C=O) groups is 1. The van der Waals surface area contributed by atoms with Crippen molar-refractivity contribution in [1.82, 2.24) is 9.80 Å². The minimum absolute atomic E-state index is 0. The molecule has 2 unspecified atom stereocenters. The van der Waals surface area contributed by atoms with Crippen molar-refractivity contribution >= 4 is 91.7 Å². The van der Waals surface area contributed by atoms with Crippen molar-refractivity contribution in [3.05, 3.63) is 155 Å². The molecule has 0 heterocycles. The highest BCUT2D eigenvalue weighted by Crippen LogP contribution is 2.43. The maximum absolute atomic E-state index is 10.2. The van der Waals surface area contributed by atoms with Crippen molar-refractivity contribution in [2.75, 3.05) is 45.4 Å². The summed E-state index contributed by atoms with van der Waals surface area (Å²) in [5.41, 5.74) is 37.3. The summed E-state index contributed by atoms with van der Waals surface area (Å²) in [6.45, 7) is 26.4. The van der Waals surface area contributed by atoms with Crippen LogP contribution in [0.2, 0.25) is 0 Å². The van der Waals surface area contributed by atoms with Crippen molar-refractivity contribution in [1.29, 1.82) is 0 Å². The molecular formula is C64H92Br2ClN7O3. The van der Waals surface area contributed by atoms with Crippen LogP contribution < -0.4 is 17.2 Å². The molecule has 13 heteroatoms. The van der Waals surface area contributed by atoms with Crippen LogP contribution in [0.1, 0.15) is 136 Å². The van der Waals surface area contributed by atoms with E-state index in [4.69, 9.17) is 17.2 Å². The van der Waals surface area contributed by atoms with Crippen LogP contribution in [0.4, 0.5) is 28.4 Å². The first-order valence-electron chi connectivity index (χ1n) is 26.6. The van der Waals surface area contributed by atoms with Crippen molar-refractivity contribution in [2.24, 2.45) is 33.7 Å². The van der Waals surface area contributed by atoms with Crippen molar-refractivity contribution in [3.63, 3.8) is 0 Å². The van der Waals surface area contributed by atoms with Crippen molar-refractivity contribution in [3.8, 4) is 0 Å². The highest BCUT2D eigenvalue weighted by atomic mass is 79.9. The number of hydrogen-bond acceptors (Lipinski definition) is 8. The molecule has 422 valence electrons. The molecule has 4 saturated carbocycles. The van der Waals surface area contributed by atoms with Gasteiger partial charge in [0.05, 0.1) is 36.3 Å². The zero-order chi connectivity index (χ0) is 57.1. The lowest BCUT2D eigenvalue weighted by Gasteiger charge is -2.14. The summed E-state index contributed by atoms with van der Waals surface area (Å²) in [7, 11) is 7.85. The molecule has 4 aliphatic rings. The van der Waals surface area contributed by atoms with Crippen molar-refractivity contribution < 1.29 is 15.0 Å². The van der Waals surface area contributed by atoms with Gasteiger partial charge in [-0.05, 0) is 241 Å². The Hall–Kier alpha value is -4.98. The second kappa shape index (κ2) is 32.8. The summed E-state index contributed by atoms with van der Waals surface area (Å²) in [5.74, 6) is 2.37. The SMILES string of the molecule is C=C.Cc1cc(Br)cc(C)c1N.Cc1cc(Br)cc(C)c1N=CN(C)C.Cc1cc(C(O)C2CC2)cc(C)c1N.Cc1cc(C(O)C2CC2)cc(C)c1N=CN(C)C.Cc1cc(CC2CC2)cc(C)c1N.Cl.O=CC1CC1. The second-order valence-corrected chi connectivity index (χ2v) is 23.5. The monoisotopic (exact) mass is 1200 g/mol. The number of aldehydes is 1. The van der Waals surface area contributed by atoms with Crippen LogP contribution in [0.25, 0.3) is 0 Å². The molecule has 5 aromatic rings. The van der Waals surface area contributed by atoms with Crippen LogP contribution in [0.5, 0.6) is 0 Å². The topological polar surface area (TPSA) is 167 Å². The molecule has 0 spiro atoms. The average molecular weight is 1200 g/mol. The fourth-order valence-electron chi connectivity index (χ4n) is 8.36. The summed E-state index contributed by atoms with van der Waals surface area (Å²) >= 11 is 6.86. The first kappa shape index (κ1) is 68.1. The van der Waals surface area contributed by atoms with Gasteiger partial charge in [0.25, 0.3) is 0 Å². The zero-order valence-corrected chi connectivity index (χ0v) is 52.7. The molecule has 8 N–H and O–H groups in total. The minimum atomic E-state index is -0.297. The molecule has 0 saturated heterocycles. The maximum atomic E-state index is 10.2. The van der Waals surface area contributed by atoms with E-state index in [2.05, 4.69) is 133 Å². The lowest BCUT2D eigenvalue weighted by molar-refractivity contribution is -0.108. The Morgan fingerprint density at radius 1 is 0.519 bits per heavy atom. The molecule has 9 rings (SSSR count). The molecule has 0 aromatic heterocycles. The zero-order valence-electron chi connectivity index (χ0n) is 48.7. The molecule has 2 atom stereocenters. The summed E-state index contributed by atoms with van der Waals surface area (Å²) in [6.07, 6.45) is 15.1. The van der Waals surface area contributed by atoms with Crippen LogP contribution in [-0.4, -0.2) is 67.2 Å². The van der Waals surface area contributed by atoms with Gasteiger partial charge in [-0.2, -0.15) is 0 Å². The molecule has 4 aliphatic carbocycles. The highest BCUT2D eigenvalue weighted by Gasteiger charge is 2.32. The van der Waals surface area contributed by atoms with E-state index < -0.39 is 0 Å². The Balaban J connectivity index is 0.000000321. The summed E-state index contributed by atoms with van der Waals surface area (Å²) < 4.78 is 2.20. The number of nitrogen functional groups attached to an aromatic ring is 3. The number of halogens is 3. The molecule has 0 amide bonds. The van der Waals surface area contributed by atoms with Gasteiger partial charge in [0, 0.05) is 60.1 Å². The van der Waals surface area contributed by atoms with E-state index in [0.29, 0.717) is 17.8 Å². The van der Waals surface area contributed by atoms with Gasteiger partial charge in [-0.15, -0.1) is 25.6 Å². The number of anilines is 3. The number of carbonyl (C=O) groups excluding carboxylic acids is 1. The predicted molar refractivity (Wildman–Crippen MR) is 341 cm³/mol. The van der Waals surface area contributed by atoms with Crippen LogP contribution in [0, 0.1) is 92.9 Å². The van der Waals surface area contributed by atoms with Gasteiger partial charge in [-0.3, -0.25) is 0 Å². The number of aliphatic imine (C=N–C) groups is 2. The Kier molecular flexibility index (Phi) is 29.0. The first-order valence-corrected chi connectivity index (χ1v) is 28.2. The van der Waals surface area contributed by atoms with Gasteiger partial charge in [0.2, 0.25) is 0 Å². The molecule has 10 nitrogen and oxygen atoms in total. The fourth-order valence-corrected chi connectivity index (χ4v) is 9.73. The molecule has 0 aliphatic heterocycles. The Morgan fingerprint density at radius 3 is 1.08 bits per heavy atom. The molecule has 4 fully saturated rings. The third-order valence-electron chi connectivity index (χ3n) is 13.5. The predicted octanol–water partition coefficient (Wildman–Crippen LogP) is 15.9. The fraction of sp³-hybridized carbons (Fsp3) is 0.453. The first-order chi connectivity index (χ1) is 35.8. The number of nitrogens with zero attached hydrogens (tertiary/aromatic N) is 4. The van der Waals surface area contributed by atoms with Gasteiger partial charge in [0.15, 0.2) is 0 Å². The van der Waals surface area contributed by atoms with Gasteiger partial charge < -0.3 is 42.0 Å². The number of rotatable bonds is 11. The van der Waals surface area contributed by atoms with Crippen LogP contribution in [-0.2, 0) is 11.2 Å². The van der Waals surface area contributed by atoms with E-state index in [-0.39, 0.29) is 24.6 Å². The highest BCUT2D eigenvalue weighted by molar-refractivity contribution is 9.10. The lowest BCUT2D eigenvalue weighted by Crippen LogP contribution is -2.07. The number of aryl methyl sites for hydroxylation is 10. The normalized spacial score (nSPS) is 14.8. The lowest BCUT2D eigenvalue weighted by atomic mass is 9.99. The minimum Gasteiger partial charge on any atom is -0.398 e. The standard InChI is InChI=1S/C15H22N2O.C12H17NO.C12H17N.C11H15BrN2.C8H10BrN.C4H6O.C2H4.ClH/c1-10-7-13(15(18)12-5-6-12)8-11(2)14(10)16-9-17(3)4;1-7-5-10(6-8(2)11(7)13)12(14)9-3-4-9;1-8-5-11(7-10-3-4-10)6-9(2)12(8)13;1-8-5-10(12)6-9(2)11(8)13-7-14(3)4;1-5-3-7(9)4-6(2)8(5)10;5-3-4-1-2-4;1-2;/h7-9,12,15,18H,5-6H2,1-4H3;5-6,9,12,14H,3-4,13H2,1-2H3;5-6,10H,3-4,7,13H2,1-2H3;5-7H,1-4H3;3-4H,10H2,1-2H3;3-4H,1-2H2;1-2H2;1H. The van der Waals surface area contributed by atoms with Crippen molar-refractivity contribution in [2.45, 2.75) is 139 Å². The molecule has 5 aromatic carbocycles. The van der Waals surface area contributed by atoms with Gasteiger partial charge in [-0.25, -0.2) is 9.98 Å². The number of benzene rings is 5. The van der Waals surface area contributed by atoms with Gasteiger partial charge >= 0.3 is 0 Å². The maximum Gasteiger partial charge on any atom is 0.123 e. The van der Waals surface area contributed by atoms with E-state index in [0.717, 1.165) is 133 Å². The smallest absolute Gasteiger partial charge is 0.123 e. The van der Waals surface area contributed by atoms with Gasteiger partial charge in [-0.1, -0.05) is 68.3 Å². The molecule has 0 radical (unpaired) electrons. The third kappa shape index (κ3) is 23.9. The third-order valence-corrected chi connectivity index (χ3v) is 14.4. The van der Waals surface area contributed by atoms with E-state index in [1.165, 1.54) is 47.1 Å².